The van der Waals surface area contributed by atoms with Crippen LogP contribution in [0.1, 0.15) is 27.7 Å². The number of likely N-dealkylation sites (N-methyl/N-ethyl adjacent to an activating group) is 1. The number of hydrogen-bond donors (Lipinski definition) is 2. The second-order valence-corrected chi connectivity index (χ2v) is 4.56. The third-order valence-electron chi connectivity index (χ3n) is 2.52. The highest BCUT2D eigenvalue weighted by Gasteiger charge is 2.16. The van der Waals surface area contributed by atoms with Crippen LogP contribution in [0.5, 0.6) is 0 Å². The molecule has 0 aliphatic heterocycles. The zero-order valence-corrected chi connectivity index (χ0v) is 11.2. The van der Waals surface area contributed by atoms with E-state index in [0.29, 0.717) is 6.54 Å². The van der Waals surface area contributed by atoms with Crippen LogP contribution in [0, 0.1) is 5.92 Å². The molecule has 0 saturated heterocycles. The summed E-state index contributed by atoms with van der Waals surface area (Å²) in [6.45, 7) is 11.9. The van der Waals surface area contributed by atoms with Crippen molar-refractivity contribution in [3.63, 3.8) is 0 Å². The van der Waals surface area contributed by atoms with E-state index in [9.17, 15) is 4.79 Å². The summed E-state index contributed by atoms with van der Waals surface area (Å²) in [5.41, 5.74) is 0. The van der Waals surface area contributed by atoms with Crippen molar-refractivity contribution in [2.45, 2.75) is 32.9 Å². The highest BCUT2D eigenvalue weighted by atomic mass is 32.1. The lowest BCUT2D eigenvalue weighted by atomic mass is 10.1. The average Bonchev–Trinajstić information content (AvgIpc) is 2.22. The fraction of sp³-hybridized carbons (Fsp3) is 0.909. The van der Waals surface area contributed by atoms with Gasteiger partial charge in [-0.2, -0.15) is 12.6 Å². The molecule has 15 heavy (non-hydrogen) atoms. The first-order valence-electron chi connectivity index (χ1n) is 5.71. The smallest absolute Gasteiger partial charge is 0.233 e. The monoisotopic (exact) mass is 232 g/mol. The molecule has 1 N–H and O–H groups in total. The average molecular weight is 232 g/mol. The normalized spacial score (nSPS) is 13.3. The summed E-state index contributed by atoms with van der Waals surface area (Å²) >= 11 is 4.26. The second-order valence-electron chi connectivity index (χ2n) is 4.01. The molecule has 1 atom stereocenters. The van der Waals surface area contributed by atoms with Crippen molar-refractivity contribution < 1.29 is 4.79 Å². The molecule has 0 saturated carbocycles. The molecule has 0 aromatic carbocycles. The number of thiol groups is 1. The van der Waals surface area contributed by atoms with Crippen molar-refractivity contribution in [1.82, 2.24) is 10.2 Å². The minimum Gasteiger partial charge on any atom is -0.354 e. The Bertz CT molecular complexity index is 181. The Morgan fingerprint density at radius 1 is 1.33 bits per heavy atom. The van der Waals surface area contributed by atoms with Gasteiger partial charge < -0.3 is 10.2 Å². The Kier molecular flexibility index (Phi) is 7.88. The van der Waals surface area contributed by atoms with Gasteiger partial charge in [0.25, 0.3) is 0 Å². The van der Waals surface area contributed by atoms with E-state index in [2.05, 4.69) is 36.7 Å². The van der Waals surface area contributed by atoms with Gasteiger partial charge in [-0.1, -0.05) is 27.7 Å². The van der Waals surface area contributed by atoms with Crippen LogP contribution in [0.15, 0.2) is 0 Å². The zero-order valence-electron chi connectivity index (χ0n) is 10.3. The first-order chi connectivity index (χ1) is 7.02. The maximum absolute atomic E-state index is 11.5. The van der Waals surface area contributed by atoms with E-state index in [1.807, 2.05) is 13.8 Å². The number of hydrogen-bond acceptors (Lipinski definition) is 3. The van der Waals surface area contributed by atoms with Crippen LogP contribution in [0.2, 0.25) is 0 Å². The van der Waals surface area contributed by atoms with Crippen LogP contribution in [0.3, 0.4) is 0 Å². The molecule has 90 valence electrons. The van der Waals surface area contributed by atoms with E-state index in [0.717, 1.165) is 19.6 Å². The van der Waals surface area contributed by atoms with Crippen LogP contribution in [-0.2, 0) is 4.79 Å². The molecule has 0 rings (SSSR count). The summed E-state index contributed by atoms with van der Waals surface area (Å²) in [6.07, 6.45) is 0. The second kappa shape index (κ2) is 7.99. The van der Waals surface area contributed by atoms with Crippen LogP contribution in [-0.4, -0.2) is 42.2 Å². The van der Waals surface area contributed by atoms with Gasteiger partial charge in [0.05, 0.1) is 5.25 Å². The number of rotatable bonds is 7. The Hall–Kier alpha value is -0.220. The predicted octanol–water partition coefficient (Wildman–Crippen LogP) is 1.40. The molecule has 0 aromatic rings. The molecule has 0 aromatic heterocycles. The Morgan fingerprint density at radius 3 is 2.27 bits per heavy atom. The van der Waals surface area contributed by atoms with Gasteiger partial charge in [0.2, 0.25) is 5.91 Å². The third-order valence-corrected chi connectivity index (χ3v) is 3.35. The number of carbonyl (C=O) groups excluding carboxylic acids is 1. The Morgan fingerprint density at radius 2 is 1.87 bits per heavy atom. The van der Waals surface area contributed by atoms with Crippen molar-refractivity contribution in [1.29, 1.82) is 0 Å². The summed E-state index contributed by atoms with van der Waals surface area (Å²) in [6, 6.07) is 0. The lowest BCUT2D eigenvalue weighted by Crippen LogP contribution is -2.39. The van der Waals surface area contributed by atoms with E-state index in [-0.39, 0.29) is 17.1 Å². The highest BCUT2D eigenvalue weighted by Crippen LogP contribution is 2.08. The molecular formula is C11H24N2OS. The van der Waals surface area contributed by atoms with Crippen molar-refractivity contribution in [3.05, 3.63) is 0 Å². The van der Waals surface area contributed by atoms with Crippen molar-refractivity contribution in [3.8, 4) is 0 Å². The molecule has 0 fully saturated rings. The number of amides is 1. The topological polar surface area (TPSA) is 32.3 Å². The van der Waals surface area contributed by atoms with Gasteiger partial charge in [-0.25, -0.2) is 0 Å². The minimum atomic E-state index is -0.193. The van der Waals surface area contributed by atoms with Gasteiger partial charge in [0, 0.05) is 13.1 Å². The summed E-state index contributed by atoms with van der Waals surface area (Å²) in [7, 11) is 0. The summed E-state index contributed by atoms with van der Waals surface area (Å²) in [5, 5.41) is 2.71. The number of nitrogens with zero attached hydrogens (tertiary/aromatic N) is 1. The standard InChI is InChI=1S/C11H24N2OS/c1-5-13(6-2)8-7-12-11(14)10(15)9(3)4/h9-10,15H,5-8H2,1-4H3,(H,12,14). The van der Waals surface area contributed by atoms with Gasteiger partial charge in [-0.05, 0) is 19.0 Å². The Balaban J connectivity index is 3.72. The molecule has 0 heterocycles. The quantitative estimate of drug-likeness (QED) is 0.650. The van der Waals surface area contributed by atoms with Crippen molar-refractivity contribution >= 4 is 18.5 Å². The maximum atomic E-state index is 11.5. The van der Waals surface area contributed by atoms with E-state index >= 15 is 0 Å². The van der Waals surface area contributed by atoms with Gasteiger partial charge in [0.15, 0.2) is 0 Å². The molecular weight excluding hydrogens is 208 g/mol. The van der Waals surface area contributed by atoms with Crippen LogP contribution >= 0.6 is 12.6 Å². The summed E-state index contributed by atoms with van der Waals surface area (Å²) in [4.78, 5) is 13.8. The van der Waals surface area contributed by atoms with E-state index in [1.54, 1.807) is 0 Å². The van der Waals surface area contributed by atoms with Gasteiger partial charge in [0.1, 0.15) is 0 Å². The van der Waals surface area contributed by atoms with Crippen LogP contribution < -0.4 is 5.32 Å². The lowest BCUT2D eigenvalue weighted by molar-refractivity contribution is -0.121. The SMILES string of the molecule is CCN(CC)CCNC(=O)C(S)C(C)C. The molecule has 0 aliphatic carbocycles. The zero-order chi connectivity index (χ0) is 11.8. The van der Waals surface area contributed by atoms with Gasteiger partial charge in [-0.15, -0.1) is 0 Å². The first kappa shape index (κ1) is 14.8. The fourth-order valence-corrected chi connectivity index (χ4v) is 1.38. The van der Waals surface area contributed by atoms with Crippen LogP contribution in [0.25, 0.3) is 0 Å². The Labute approximate surface area is 99.0 Å². The minimum absolute atomic E-state index is 0.0421. The van der Waals surface area contributed by atoms with E-state index < -0.39 is 0 Å². The van der Waals surface area contributed by atoms with Crippen LogP contribution in [0.4, 0.5) is 0 Å². The van der Waals surface area contributed by atoms with E-state index in [4.69, 9.17) is 0 Å². The molecule has 1 amide bonds. The molecule has 0 spiro atoms. The number of carbonyl (C=O) groups is 1. The van der Waals surface area contributed by atoms with Crippen molar-refractivity contribution in [2.24, 2.45) is 5.92 Å². The van der Waals surface area contributed by atoms with Gasteiger partial charge in [-0.3, -0.25) is 4.79 Å². The van der Waals surface area contributed by atoms with Crippen molar-refractivity contribution in [2.75, 3.05) is 26.2 Å². The molecule has 0 bridgehead atoms. The summed E-state index contributed by atoms with van der Waals surface area (Å²) in [5.74, 6) is 0.322. The maximum Gasteiger partial charge on any atom is 0.233 e. The predicted molar refractivity (Wildman–Crippen MR) is 68.4 cm³/mol. The van der Waals surface area contributed by atoms with Gasteiger partial charge >= 0.3 is 0 Å². The number of nitrogens with one attached hydrogen (secondary N) is 1. The largest absolute Gasteiger partial charge is 0.354 e. The summed E-state index contributed by atoms with van der Waals surface area (Å²) < 4.78 is 0. The molecule has 0 radical (unpaired) electrons. The highest BCUT2D eigenvalue weighted by molar-refractivity contribution is 7.81. The molecule has 1 unspecified atom stereocenters. The third kappa shape index (κ3) is 6.05. The van der Waals surface area contributed by atoms with E-state index in [1.165, 1.54) is 0 Å². The molecule has 0 aliphatic rings. The first-order valence-corrected chi connectivity index (χ1v) is 6.22. The lowest BCUT2D eigenvalue weighted by Gasteiger charge is -2.19. The molecule has 4 heteroatoms. The molecule has 3 nitrogen and oxygen atoms in total. The fourth-order valence-electron chi connectivity index (χ4n) is 1.28.